The number of hydrogen-bond acceptors (Lipinski definition) is 3. The molecule has 108 valence electrons. The van der Waals surface area contributed by atoms with E-state index in [9.17, 15) is 4.79 Å². The summed E-state index contributed by atoms with van der Waals surface area (Å²) in [5.41, 5.74) is 3.49. The summed E-state index contributed by atoms with van der Waals surface area (Å²) in [7, 11) is 1.87. The zero-order chi connectivity index (χ0) is 14.7. The van der Waals surface area contributed by atoms with Crippen LogP contribution in [0.5, 0.6) is 0 Å². The van der Waals surface area contributed by atoms with Gasteiger partial charge < -0.3 is 10.2 Å². The van der Waals surface area contributed by atoms with Crippen molar-refractivity contribution in [1.29, 1.82) is 0 Å². The second-order valence-electron chi connectivity index (χ2n) is 5.36. The molecule has 4 nitrogen and oxygen atoms in total. The van der Waals surface area contributed by atoms with Gasteiger partial charge in [0.05, 0.1) is 6.04 Å². The van der Waals surface area contributed by atoms with Crippen molar-refractivity contribution < 1.29 is 4.79 Å². The van der Waals surface area contributed by atoms with Crippen molar-refractivity contribution in [2.45, 2.75) is 12.5 Å². The maximum atomic E-state index is 12.2. The average Bonchev–Trinajstić information content (AvgIpc) is 2.53. The number of nitrogens with zero attached hydrogens (tertiary/aromatic N) is 2. The largest absolute Gasteiger partial charge is 0.343 e. The van der Waals surface area contributed by atoms with Crippen LogP contribution in [0.25, 0.3) is 11.1 Å². The summed E-state index contributed by atoms with van der Waals surface area (Å²) in [5.74, 6) is 0.172. The molecule has 1 N–H and O–H groups in total. The Bertz CT molecular complexity index is 627. The summed E-state index contributed by atoms with van der Waals surface area (Å²) in [6, 6.07) is 12.1. The predicted octanol–water partition coefficient (Wildman–Crippen LogP) is 1.72. The van der Waals surface area contributed by atoms with Crippen molar-refractivity contribution >= 4 is 5.91 Å². The lowest BCUT2D eigenvalue weighted by Gasteiger charge is -2.30. The Hall–Kier alpha value is -2.20. The molecule has 1 aromatic carbocycles. The normalized spacial score (nSPS) is 18.8. The molecule has 0 aliphatic carbocycles. The molecule has 0 saturated carbocycles. The molecular formula is C17H19N3O. The van der Waals surface area contributed by atoms with E-state index in [1.165, 1.54) is 11.1 Å². The van der Waals surface area contributed by atoms with E-state index in [-0.39, 0.29) is 11.9 Å². The SMILES string of the molecule is CN1CCNC(Cc2ccccc2-c2ccncc2)C1=O. The minimum atomic E-state index is -0.133. The molecule has 1 saturated heterocycles. The summed E-state index contributed by atoms with van der Waals surface area (Å²) in [6.07, 6.45) is 4.30. The quantitative estimate of drug-likeness (QED) is 0.932. The van der Waals surface area contributed by atoms with Crippen molar-refractivity contribution in [1.82, 2.24) is 15.2 Å². The molecule has 2 heterocycles. The zero-order valence-electron chi connectivity index (χ0n) is 12.1. The predicted molar refractivity (Wildman–Crippen MR) is 82.8 cm³/mol. The topological polar surface area (TPSA) is 45.2 Å². The molecule has 2 aromatic rings. The number of aromatic nitrogens is 1. The van der Waals surface area contributed by atoms with E-state index in [0.717, 1.165) is 18.7 Å². The number of nitrogens with one attached hydrogen (secondary N) is 1. The van der Waals surface area contributed by atoms with Crippen LogP contribution in [0.3, 0.4) is 0 Å². The van der Waals surface area contributed by atoms with E-state index in [0.29, 0.717) is 6.42 Å². The highest BCUT2D eigenvalue weighted by molar-refractivity contribution is 5.83. The lowest BCUT2D eigenvalue weighted by Crippen LogP contribution is -2.54. The van der Waals surface area contributed by atoms with Crippen LogP contribution in [0.1, 0.15) is 5.56 Å². The van der Waals surface area contributed by atoms with E-state index in [2.05, 4.69) is 22.4 Å². The van der Waals surface area contributed by atoms with Crippen LogP contribution in [0.2, 0.25) is 0 Å². The lowest BCUT2D eigenvalue weighted by atomic mass is 9.94. The third-order valence-corrected chi connectivity index (χ3v) is 3.94. The van der Waals surface area contributed by atoms with Gasteiger partial charge in [-0.1, -0.05) is 24.3 Å². The van der Waals surface area contributed by atoms with Crippen molar-refractivity contribution in [3.63, 3.8) is 0 Å². The summed E-state index contributed by atoms with van der Waals surface area (Å²) in [5, 5.41) is 3.32. The van der Waals surface area contributed by atoms with Crippen LogP contribution < -0.4 is 5.32 Å². The van der Waals surface area contributed by atoms with Crippen LogP contribution in [-0.2, 0) is 11.2 Å². The molecule has 1 aliphatic heterocycles. The van der Waals surface area contributed by atoms with Crippen molar-refractivity contribution in [2.75, 3.05) is 20.1 Å². The number of likely N-dealkylation sites (N-methyl/N-ethyl adjacent to an activating group) is 1. The second kappa shape index (κ2) is 6.06. The Balaban J connectivity index is 1.88. The number of rotatable bonds is 3. The van der Waals surface area contributed by atoms with Gasteiger partial charge in [-0.05, 0) is 35.2 Å². The van der Waals surface area contributed by atoms with Gasteiger partial charge in [0.25, 0.3) is 0 Å². The van der Waals surface area contributed by atoms with Gasteiger partial charge in [0.1, 0.15) is 0 Å². The fourth-order valence-electron chi connectivity index (χ4n) is 2.76. The van der Waals surface area contributed by atoms with Crippen LogP contribution in [-0.4, -0.2) is 42.0 Å². The zero-order valence-corrected chi connectivity index (χ0v) is 12.1. The molecule has 1 fully saturated rings. The lowest BCUT2D eigenvalue weighted by molar-refractivity contribution is -0.134. The van der Waals surface area contributed by atoms with Gasteiger partial charge in [0, 0.05) is 32.5 Å². The molecule has 0 radical (unpaired) electrons. The Morgan fingerprint density at radius 2 is 2.00 bits per heavy atom. The Morgan fingerprint density at radius 3 is 2.81 bits per heavy atom. The van der Waals surface area contributed by atoms with Crippen LogP contribution >= 0.6 is 0 Å². The van der Waals surface area contributed by atoms with Crippen molar-refractivity contribution in [2.24, 2.45) is 0 Å². The smallest absolute Gasteiger partial charge is 0.239 e. The Kier molecular flexibility index (Phi) is 3.97. The average molecular weight is 281 g/mol. The maximum absolute atomic E-state index is 12.2. The number of piperazine rings is 1. The first-order chi connectivity index (χ1) is 10.3. The molecule has 0 bridgehead atoms. The molecule has 0 spiro atoms. The van der Waals surface area contributed by atoms with E-state index < -0.39 is 0 Å². The van der Waals surface area contributed by atoms with Crippen molar-refractivity contribution in [3.8, 4) is 11.1 Å². The summed E-state index contributed by atoms with van der Waals surface area (Å²) >= 11 is 0. The number of pyridine rings is 1. The van der Waals surface area contributed by atoms with Gasteiger partial charge >= 0.3 is 0 Å². The highest BCUT2D eigenvalue weighted by Gasteiger charge is 2.26. The summed E-state index contributed by atoms with van der Waals surface area (Å²) in [4.78, 5) is 18.1. The number of carbonyl (C=O) groups is 1. The van der Waals surface area contributed by atoms with E-state index in [1.54, 1.807) is 17.3 Å². The standard InChI is InChI=1S/C17H19N3O/c1-20-11-10-19-16(17(20)21)12-14-4-2-3-5-15(14)13-6-8-18-9-7-13/h2-9,16,19H,10-12H2,1H3. The molecule has 1 unspecified atom stereocenters. The van der Waals surface area contributed by atoms with Gasteiger partial charge in [0.2, 0.25) is 5.91 Å². The van der Waals surface area contributed by atoms with Gasteiger partial charge in [0.15, 0.2) is 0 Å². The molecule has 1 aliphatic rings. The first kappa shape index (κ1) is 13.8. The molecular weight excluding hydrogens is 262 g/mol. The summed E-state index contributed by atoms with van der Waals surface area (Å²) in [6.45, 7) is 1.63. The fourth-order valence-corrected chi connectivity index (χ4v) is 2.76. The Labute approximate surface area is 124 Å². The van der Waals surface area contributed by atoms with E-state index in [4.69, 9.17) is 0 Å². The van der Waals surface area contributed by atoms with Gasteiger partial charge in [-0.25, -0.2) is 0 Å². The van der Waals surface area contributed by atoms with Gasteiger partial charge in [-0.2, -0.15) is 0 Å². The second-order valence-corrected chi connectivity index (χ2v) is 5.36. The van der Waals surface area contributed by atoms with Crippen molar-refractivity contribution in [3.05, 3.63) is 54.4 Å². The maximum Gasteiger partial charge on any atom is 0.239 e. The number of benzene rings is 1. The first-order valence-electron chi connectivity index (χ1n) is 7.22. The minimum Gasteiger partial charge on any atom is -0.343 e. The highest BCUT2D eigenvalue weighted by Crippen LogP contribution is 2.24. The van der Waals surface area contributed by atoms with E-state index >= 15 is 0 Å². The Morgan fingerprint density at radius 1 is 1.24 bits per heavy atom. The number of hydrogen-bond donors (Lipinski definition) is 1. The van der Waals surface area contributed by atoms with E-state index in [1.807, 2.05) is 31.3 Å². The molecule has 1 atom stereocenters. The number of carbonyl (C=O) groups excluding carboxylic acids is 1. The van der Waals surface area contributed by atoms with Crippen LogP contribution in [0.4, 0.5) is 0 Å². The third-order valence-electron chi connectivity index (χ3n) is 3.94. The molecule has 21 heavy (non-hydrogen) atoms. The van der Waals surface area contributed by atoms with Gasteiger partial charge in [-0.15, -0.1) is 0 Å². The number of amides is 1. The fraction of sp³-hybridized carbons (Fsp3) is 0.294. The minimum absolute atomic E-state index is 0.133. The van der Waals surface area contributed by atoms with Crippen LogP contribution in [0, 0.1) is 0 Å². The molecule has 3 rings (SSSR count). The highest BCUT2D eigenvalue weighted by atomic mass is 16.2. The molecule has 1 aromatic heterocycles. The molecule has 4 heteroatoms. The van der Waals surface area contributed by atoms with Crippen LogP contribution in [0.15, 0.2) is 48.8 Å². The third kappa shape index (κ3) is 2.95. The monoisotopic (exact) mass is 281 g/mol. The summed E-state index contributed by atoms with van der Waals surface area (Å²) < 4.78 is 0. The molecule has 1 amide bonds. The first-order valence-corrected chi connectivity index (χ1v) is 7.22. The van der Waals surface area contributed by atoms with Gasteiger partial charge in [-0.3, -0.25) is 9.78 Å².